The summed E-state index contributed by atoms with van der Waals surface area (Å²) in [4.78, 5) is 32.6. The quantitative estimate of drug-likeness (QED) is 0.411. The molecule has 0 atom stereocenters. The predicted molar refractivity (Wildman–Crippen MR) is 61.3 cm³/mol. The fourth-order valence-corrected chi connectivity index (χ4v) is 0.988. The number of rotatable bonds is 7. The van der Waals surface area contributed by atoms with Crippen LogP contribution < -0.4 is 16.0 Å². The van der Waals surface area contributed by atoms with Gasteiger partial charge in [0.2, 0.25) is 5.91 Å². The largest absolute Gasteiger partial charge is 0.466 e. The first-order chi connectivity index (χ1) is 8.06. The zero-order valence-electron chi connectivity index (χ0n) is 10.2. The lowest BCUT2D eigenvalue weighted by Gasteiger charge is -2.07. The maximum Gasteiger partial charge on any atom is 0.314 e. The Morgan fingerprint density at radius 3 is 2.18 bits per heavy atom. The van der Waals surface area contributed by atoms with Gasteiger partial charge in [-0.05, 0) is 6.92 Å². The molecule has 7 heteroatoms. The Morgan fingerprint density at radius 2 is 1.59 bits per heavy atom. The van der Waals surface area contributed by atoms with E-state index in [0.29, 0.717) is 19.7 Å². The van der Waals surface area contributed by atoms with Crippen molar-refractivity contribution in [2.75, 3.05) is 26.2 Å². The van der Waals surface area contributed by atoms with Gasteiger partial charge in [-0.3, -0.25) is 9.59 Å². The molecule has 0 rings (SSSR count). The molecule has 7 nitrogen and oxygen atoms in total. The van der Waals surface area contributed by atoms with Crippen LogP contribution in [0.25, 0.3) is 0 Å². The van der Waals surface area contributed by atoms with Gasteiger partial charge >= 0.3 is 12.0 Å². The average molecular weight is 245 g/mol. The number of amides is 3. The summed E-state index contributed by atoms with van der Waals surface area (Å²) in [5.74, 6) is -0.486. The molecule has 0 saturated heterocycles. The molecule has 0 spiro atoms. The van der Waals surface area contributed by atoms with Crippen molar-refractivity contribution in [1.29, 1.82) is 0 Å². The van der Waals surface area contributed by atoms with Gasteiger partial charge in [0.15, 0.2) is 0 Å². The molecular formula is C10H19N3O4. The highest BCUT2D eigenvalue weighted by Gasteiger charge is 2.03. The number of hydrogen-bond acceptors (Lipinski definition) is 4. The van der Waals surface area contributed by atoms with Crippen LogP contribution in [0.5, 0.6) is 0 Å². The number of urea groups is 1. The Balaban J connectivity index is 3.40. The van der Waals surface area contributed by atoms with Gasteiger partial charge in [-0.15, -0.1) is 0 Å². The zero-order chi connectivity index (χ0) is 13.1. The summed E-state index contributed by atoms with van der Waals surface area (Å²) < 4.78 is 4.69. The minimum absolute atomic E-state index is 0.144. The molecule has 0 aliphatic carbocycles. The second-order valence-corrected chi connectivity index (χ2v) is 3.22. The van der Waals surface area contributed by atoms with Gasteiger partial charge in [-0.1, -0.05) is 0 Å². The van der Waals surface area contributed by atoms with E-state index in [9.17, 15) is 14.4 Å². The van der Waals surface area contributed by atoms with Crippen LogP contribution in [0.4, 0.5) is 4.79 Å². The van der Waals surface area contributed by atoms with Crippen molar-refractivity contribution < 1.29 is 19.1 Å². The smallest absolute Gasteiger partial charge is 0.314 e. The molecule has 3 amide bonds. The second-order valence-electron chi connectivity index (χ2n) is 3.22. The summed E-state index contributed by atoms with van der Waals surface area (Å²) in [6.45, 7) is 4.40. The van der Waals surface area contributed by atoms with E-state index < -0.39 is 0 Å². The van der Waals surface area contributed by atoms with E-state index in [1.807, 2.05) is 0 Å². The molecule has 0 fully saturated rings. The number of nitrogens with one attached hydrogen (secondary N) is 3. The van der Waals surface area contributed by atoms with E-state index >= 15 is 0 Å². The summed E-state index contributed by atoms with van der Waals surface area (Å²) in [5.41, 5.74) is 0. The summed E-state index contributed by atoms with van der Waals surface area (Å²) in [7, 11) is 0. The molecule has 0 bridgehead atoms. The van der Waals surface area contributed by atoms with E-state index in [0.717, 1.165) is 0 Å². The third kappa shape index (κ3) is 10.5. The number of ether oxygens (including phenoxy) is 1. The van der Waals surface area contributed by atoms with E-state index in [4.69, 9.17) is 4.74 Å². The first kappa shape index (κ1) is 15.2. The molecule has 0 radical (unpaired) electrons. The Hall–Kier alpha value is -1.79. The maximum atomic E-state index is 11.1. The predicted octanol–water partition coefficient (Wildman–Crippen LogP) is -0.625. The lowest BCUT2D eigenvalue weighted by Crippen LogP contribution is -2.40. The minimum atomic E-state index is -0.375. The first-order valence-corrected chi connectivity index (χ1v) is 5.48. The van der Waals surface area contributed by atoms with E-state index in [1.54, 1.807) is 6.92 Å². The van der Waals surface area contributed by atoms with Gasteiger partial charge < -0.3 is 20.7 Å². The molecule has 0 aromatic heterocycles. The maximum absolute atomic E-state index is 11.1. The van der Waals surface area contributed by atoms with Gasteiger partial charge in [-0.2, -0.15) is 0 Å². The summed E-state index contributed by atoms with van der Waals surface area (Å²) in [6, 6.07) is -0.375. The molecular weight excluding hydrogens is 226 g/mol. The highest BCUT2D eigenvalue weighted by molar-refractivity contribution is 5.75. The molecule has 0 heterocycles. The highest BCUT2D eigenvalue weighted by atomic mass is 16.5. The molecule has 17 heavy (non-hydrogen) atoms. The van der Waals surface area contributed by atoms with E-state index in [2.05, 4.69) is 16.0 Å². The molecule has 0 aliphatic rings. The van der Waals surface area contributed by atoms with Gasteiger partial charge in [0.25, 0.3) is 0 Å². The summed E-state index contributed by atoms with van der Waals surface area (Å²) in [5, 5.41) is 7.56. The third-order valence-electron chi connectivity index (χ3n) is 1.70. The van der Waals surface area contributed by atoms with E-state index in [-0.39, 0.29) is 30.9 Å². The van der Waals surface area contributed by atoms with Gasteiger partial charge in [0.05, 0.1) is 13.0 Å². The fourth-order valence-electron chi connectivity index (χ4n) is 0.988. The summed E-state index contributed by atoms with van der Waals surface area (Å²) >= 11 is 0. The van der Waals surface area contributed by atoms with Gasteiger partial charge in [0.1, 0.15) is 0 Å². The molecule has 0 saturated carbocycles. The monoisotopic (exact) mass is 245 g/mol. The molecule has 0 aromatic carbocycles. The highest BCUT2D eigenvalue weighted by Crippen LogP contribution is 1.83. The number of hydrogen-bond donors (Lipinski definition) is 3. The number of carbonyl (C=O) groups is 3. The van der Waals surface area contributed by atoms with Crippen molar-refractivity contribution in [3.05, 3.63) is 0 Å². The molecule has 0 unspecified atom stereocenters. The molecule has 0 aliphatic heterocycles. The van der Waals surface area contributed by atoms with Gasteiger partial charge in [0, 0.05) is 26.6 Å². The molecule has 3 N–H and O–H groups in total. The normalized spacial score (nSPS) is 9.29. The van der Waals surface area contributed by atoms with E-state index in [1.165, 1.54) is 6.92 Å². The zero-order valence-corrected chi connectivity index (χ0v) is 10.2. The van der Waals surface area contributed by atoms with Crippen LogP contribution in [0.2, 0.25) is 0 Å². The van der Waals surface area contributed by atoms with Crippen molar-refractivity contribution in [1.82, 2.24) is 16.0 Å². The first-order valence-electron chi connectivity index (χ1n) is 5.48. The SMILES string of the molecule is CCOC(=O)CCNC(=O)NCCNC(C)=O. The van der Waals surface area contributed by atoms with Crippen LogP contribution in [0.1, 0.15) is 20.3 Å². The molecule has 0 aromatic rings. The number of carbonyl (C=O) groups excluding carboxylic acids is 3. The Kier molecular flexibility index (Phi) is 8.44. The van der Waals surface area contributed by atoms with Crippen molar-refractivity contribution in [3.8, 4) is 0 Å². The van der Waals surface area contributed by atoms with Crippen LogP contribution in [-0.4, -0.2) is 44.1 Å². The summed E-state index contributed by atoms with van der Waals surface area (Å²) in [6.07, 6.45) is 0.146. The van der Waals surface area contributed by atoms with Crippen LogP contribution in [0, 0.1) is 0 Å². The lowest BCUT2D eigenvalue weighted by molar-refractivity contribution is -0.142. The Morgan fingerprint density at radius 1 is 1.00 bits per heavy atom. The topological polar surface area (TPSA) is 96.5 Å². The fraction of sp³-hybridized carbons (Fsp3) is 0.700. The van der Waals surface area contributed by atoms with Crippen molar-refractivity contribution in [2.24, 2.45) is 0 Å². The Bertz CT molecular complexity index is 268. The Labute approximate surface area is 100 Å². The average Bonchev–Trinajstić information content (AvgIpc) is 2.24. The second kappa shape index (κ2) is 9.44. The van der Waals surface area contributed by atoms with Crippen LogP contribution in [0.15, 0.2) is 0 Å². The van der Waals surface area contributed by atoms with Crippen molar-refractivity contribution in [3.63, 3.8) is 0 Å². The minimum Gasteiger partial charge on any atom is -0.466 e. The number of esters is 1. The van der Waals surface area contributed by atoms with Crippen LogP contribution in [-0.2, 0) is 14.3 Å². The lowest BCUT2D eigenvalue weighted by atomic mass is 10.4. The van der Waals surface area contributed by atoms with Crippen molar-refractivity contribution in [2.45, 2.75) is 20.3 Å². The third-order valence-corrected chi connectivity index (χ3v) is 1.70. The molecule has 98 valence electrons. The van der Waals surface area contributed by atoms with Gasteiger partial charge in [-0.25, -0.2) is 4.79 Å². The van der Waals surface area contributed by atoms with Crippen molar-refractivity contribution >= 4 is 17.9 Å². The van der Waals surface area contributed by atoms with Crippen LogP contribution >= 0.6 is 0 Å². The van der Waals surface area contributed by atoms with Crippen LogP contribution in [0.3, 0.4) is 0 Å². The standard InChI is InChI=1S/C10H19N3O4/c1-3-17-9(15)4-5-12-10(16)13-7-6-11-8(2)14/h3-7H2,1-2H3,(H,11,14)(H2,12,13,16).